The fraction of sp³-hybridized carbons (Fsp3) is 0.0909. The second-order valence-corrected chi connectivity index (χ2v) is 8.79. The normalized spacial score (nSPS) is 10.9. The van der Waals surface area contributed by atoms with Gasteiger partial charge in [0, 0.05) is 16.9 Å². The molecule has 3 aromatic carbocycles. The van der Waals surface area contributed by atoms with Crippen molar-refractivity contribution in [2.45, 2.75) is 18.7 Å². The average molecular weight is 440 g/mol. The summed E-state index contributed by atoms with van der Waals surface area (Å²) in [6.07, 6.45) is 0. The Morgan fingerprint density at radius 3 is 2.03 bits per heavy atom. The predicted molar refractivity (Wildman–Crippen MR) is 123 cm³/mol. The molecule has 154 valence electrons. The summed E-state index contributed by atoms with van der Waals surface area (Å²) in [4.78, 5) is 12.1. The van der Waals surface area contributed by atoms with Crippen LogP contribution >= 0.6 is 12.2 Å². The van der Waals surface area contributed by atoms with Crippen LogP contribution in [0.15, 0.2) is 77.7 Å². The summed E-state index contributed by atoms with van der Waals surface area (Å²) in [5.74, 6) is -0.684. The third kappa shape index (κ3) is 5.43. The van der Waals surface area contributed by atoms with E-state index >= 15 is 0 Å². The fourth-order valence-corrected chi connectivity index (χ4v) is 3.87. The molecule has 0 aliphatic heterocycles. The van der Waals surface area contributed by atoms with Gasteiger partial charge in [-0.05, 0) is 85.7 Å². The summed E-state index contributed by atoms with van der Waals surface area (Å²) < 4.78 is 27.0. The van der Waals surface area contributed by atoms with Crippen molar-refractivity contribution in [3.05, 3.63) is 89.5 Å². The summed E-state index contributed by atoms with van der Waals surface area (Å²) in [6, 6.07) is 20.1. The van der Waals surface area contributed by atoms with Crippen molar-refractivity contribution >= 4 is 44.6 Å². The van der Waals surface area contributed by atoms with Gasteiger partial charge >= 0.3 is 0 Å². The zero-order chi connectivity index (χ0) is 21.7. The third-order valence-corrected chi connectivity index (χ3v) is 6.00. The zero-order valence-corrected chi connectivity index (χ0v) is 18.1. The minimum atomic E-state index is -3.99. The number of amides is 1. The lowest BCUT2D eigenvalue weighted by atomic mass is 10.1. The summed E-state index contributed by atoms with van der Waals surface area (Å²) in [5, 5.41) is 6.48. The summed E-state index contributed by atoms with van der Waals surface area (Å²) in [7, 11) is -3.99. The summed E-state index contributed by atoms with van der Waals surface area (Å²) >= 11 is 5.31. The molecule has 0 heterocycles. The van der Waals surface area contributed by atoms with Gasteiger partial charge in [-0.2, -0.15) is 0 Å². The highest BCUT2D eigenvalue weighted by Gasteiger charge is 2.18. The van der Waals surface area contributed by atoms with Crippen molar-refractivity contribution in [2.75, 3.05) is 10.6 Å². The van der Waals surface area contributed by atoms with E-state index in [9.17, 15) is 13.2 Å². The first-order chi connectivity index (χ1) is 14.2. The molecular weight excluding hydrogens is 418 g/mol. The van der Waals surface area contributed by atoms with Gasteiger partial charge in [0.1, 0.15) is 0 Å². The molecule has 0 fully saturated rings. The number of anilines is 2. The highest BCUT2D eigenvalue weighted by Crippen LogP contribution is 2.17. The van der Waals surface area contributed by atoms with E-state index in [1.54, 1.807) is 42.5 Å². The molecule has 8 heteroatoms. The first kappa shape index (κ1) is 21.5. The number of aryl methyl sites for hydroxylation is 2. The van der Waals surface area contributed by atoms with Crippen LogP contribution in [0.25, 0.3) is 0 Å². The molecule has 1 amide bonds. The van der Waals surface area contributed by atoms with Crippen LogP contribution in [-0.4, -0.2) is 19.4 Å². The van der Waals surface area contributed by atoms with E-state index in [4.69, 9.17) is 12.2 Å². The van der Waals surface area contributed by atoms with Crippen LogP contribution in [0.5, 0.6) is 0 Å². The number of sulfonamides is 1. The lowest BCUT2D eigenvalue weighted by Gasteiger charge is -2.12. The molecule has 0 spiro atoms. The van der Waals surface area contributed by atoms with E-state index in [1.807, 2.05) is 32.0 Å². The highest BCUT2D eigenvalue weighted by atomic mass is 32.2. The minimum absolute atomic E-state index is 0.0228. The number of carbonyl (C=O) groups is 1. The van der Waals surface area contributed by atoms with Crippen LogP contribution in [-0.2, 0) is 10.0 Å². The van der Waals surface area contributed by atoms with Gasteiger partial charge in [0.25, 0.3) is 15.9 Å². The van der Waals surface area contributed by atoms with Gasteiger partial charge in [-0.15, -0.1) is 0 Å². The quantitative estimate of drug-likeness (QED) is 0.516. The smallest absolute Gasteiger partial charge is 0.264 e. The van der Waals surface area contributed by atoms with Crippen LogP contribution < -0.4 is 15.4 Å². The Balaban J connectivity index is 1.64. The Bertz CT molecular complexity index is 1180. The van der Waals surface area contributed by atoms with Crippen molar-refractivity contribution in [1.29, 1.82) is 0 Å². The molecule has 0 aliphatic carbocycles. The van der Waals surface area contributed by atoms with E-state index in [1.165, 1.54) is 17.7 Å². The number of rotatable bonds is 5. The van der Waals surface area contributed by atoms with Gasteiger partial charge in [-0.1, -0.05) is 24.3 Å². The SMILES string of the molecule is Cc1ccc(NC(=S)Nc2ccc(S(=O)(=O)NC(=O)c3ccccc3)cc2)cc1C. The Labute approximate surface area is 181 Å². The van der Waals surface area contributed by atoms with Gasteiger partial charge in [0.15, 0.2) is 5.11 Å². The Hall–Kier alpha value is -3.23. The largest absolute Gasteiger partial charge is 0.332 e. The summed E-state index contributed by atoms with van der Waals surface area (Å²) in [6.45, 7) is 4.06. The second-order valence-electron chi connectivity index (χ2n) is 6.70. The molecule has 0 saturated carbocycles. The first-order valence-electron chi connectivity index (χ1n) is 9.12. The Morgan fingerprint density at radius 2 is 1.40 bits per heavy atom. The molecule has 0 atom stereocenters. The van der Waals surface area contributed by atoms with Crippen molar-refractivity contribution < 1.29 is 13.2 Å². The number of hydrogen-bond acceptors (Lipinski definition) is 4. The van der Waals surface area contributed by atoms with Gasteiger partial charge in [0.2, 0.25) is 0 Å². The van der Waals surface area contributed by atoms with Gasteiger partial charge in [-0.3, -0.25) is 4.79 Å². The maximum absolute atomic E-state index is 12.5. The Morgan fingerprint density at radius 1 is 0.800 bits per heavy atom. The molecular formula is C22H21N3O3S2. The lowest BCUT2D eigenvalue weighted by Crippen LogP contribution is -2.30. The zero-order valence-electron chi connectivity index (χ0n) is 16.5. The topological polar surface area (TPSA) is 87.3 Å². The number of thiocarbonyl (C=S) groups is 1. The lowest BCUT2D eigenvalue weighted by molar-refractivity contribution is 0.0981. The van der Waals surface area contributed by atoms with Crippen LogP contribution in [0, 0.1) is 13.8 Å². The minimum Gasteiger partial charge on any atom is -0.332 e. The molecule has 0 unspecified atom stereocenters. The van der Waals surface area contributed by atoms with Crippen molar-refractivity contribution in [2.24, 2.45) is 0 Å². The van der Waals surface area contributed by atoms with Crippen LogP contribution in [0.1, 0.15) is 21.5 Å². The van der Waals surface area contributed by atoms with E-state index in [-0.39, 0.29) is 10.5 Å². The average Bonchev–Trinajstić information content (AvgIpc) is 2.71. The van der Waals surface area contributed by atoms with Crippen LogP contribution in [0.3, 0.4) is 0 Å². The van der Waals surface area contributed by atoms with E-state index < -0.39 is 15.9 Å². The number of hydrogen-bond donors (Lipinski definition) is 3. The van der Waals surface area contributed by atoms with Crippen molar-refractivity contribution in [3.8, 4) is 0 Å². The molecule has 3 rings (SSSR count). The number of nitrogens with one attached hydrogen (secondary N) is 3. The maximum Gasteiger partial charge on any atom is 0.264 e. The molecule has 0 radical (unpaired) electrons. The van der Waals surface area contributed by atoms with E-state index in [2.05, 4.69) is 15.4 Å². The Kier molecular flexibility index (Phi) is 6.49. The molecule has 0 aliphatic rings. The molecule has 3 aromatic rings. The van der Waals surface area contributed by atoms with Crippen molar-refractivity contribution in [1.82, 2.24) is 4.72 Å². The predicted octanol–water partition coefficient (Wildman–Crippen LogP) is 4.23. The second kappa shape index (κ2) is 9.06. The van der Waals surface area contributed by atoms with Crippen molar-refractivity contribution in [3.63, 3.8) is 0 Å². The van der Waals surface area contributed by atoms with E-state index in [0.29, 0.717) is 10.8 Å². The van der Waals surface area contributed by atoms with Crippen LogP contribution in [0.2, 0.25) is 0 Å². The van der Waals surface area contributed by atoms with Gasteiger partial charge in [0.05, 0.1) is 4.90 Å². The monoisotopic (exact) mass is 439 g/mol. The highest BCUT2D eigenvalue weighted by molar-refractivity contribution is 7.90. The fourth-order valence-electron chi connectivity index (χ4n) is 2.66. The standard InChI is InChI=1S/C22H21N3O3S2/c1-15-8-9-19(14-16(15)2)24-22(29)23-18-10-12-20(13-11-18)30(27,28)25-21(26)17-6-4-3-5-7-17/h3-14H,1-2H3,(H,25,26)(H2,23,24,29). The molecule has 0 aromatic heterocycles. The van der Waals surface area contributed by atoms with Gasteiger partial charge in [-0.25, -0.2) is 13.1 Å². The van der Waals surface area contributed by atoms with E-state index in [0.717, 1.165) is 11.3 Å². The first-order valence-corrected chi connectivity index (χ1v) is 11.0. The van der Waals surface area contributed by atoms with Gasteiger partial charge < -0.3 is 10.6 Å². The number of benzene rings is 3. The van der Waals surface area contributed by atoms with Crippen LogP contribution in [0.4, 0.5) is 11.4 Å². The molecule has 6 nitrogen and oxygen atoms in total. The molecule has 0 saturated heterocycles. The molecule has 30 heavy (non-hydrogen) atoms. The number of carbonyl (C=O) groups excluding carboxylic acids is 1. The third-order valence-electron chi connectivity index (χ3n) is 4.45. The maximum atomic E-state index is 12.5. The molecule has 3 N–H and O–H groups in total. The summed E-state index contributed by atoms with van der Waals surface area (Å²) in [5.41, 5.74) is 4.08. The molecule has 0 bridgehead atoms.